The van der Waals surface area contributed by atoms with Crippen LogP contribution in [0.5, 0.6) is 0 Å². The monoisotopic (exact) mass is 324 g/mol. The zero-order valence-electron chi connectivity index (χ0n) is 13.4. The minimum Gasteiger partial charge on any atom is -0.439 e. The number of oxazole rings is 1. The van der Waals surface area contributed by atoms with Crippen LogP contribution in [-0.2, 0) is 17.8 Å². The van der Waals surface area contributed by atoms with E-state index < -0.39 is 0 Å². The van der Waals surface area contributed by atoms with Gasteiger partial charge >= 0.3 is 0 Å². The summed E-state index contributed by atoms with van der Waals surface area (Å²) in [5.41, 5.74) is 1.05. The molecule has 0 radical (unpaired) electrons. The van der Waals surface area contributed by atoms with Crippen LogP contribution in [0.25, 0.3) is 11.3 Å². The van der Waals surface area contributed by atoms with Gasteiger partial charge in [-0.15, -0.1) is 0 Å². The average molecular weight is 324 g/mol. The van der Waals surface area contributed by atoms with Crippen LogP contribution in [0, 0.1) is 0 Å². The van der Waals surface area contributed by atoms with E-state index in [1.54, 1.807) is 12.4 Å². The second kappa shape index (κ2) is 6.98. The molecule has 2 aromatic heterocycles. The molecule has 1 aromatic carbocycles. The Bertz CT molecular complexity index is 754. The van der Waals surface area contributed by atoms with Gasteiger partial charge in [-0.25, -0.2) is 4.98 Å². The van der Waals surface area contributed by atoms with Gasteiger partial charge in [-0.3, -0.25) is 9.58 Å². The Morgan fingerprint density at radius 3 is 2.92 bits per heavy atom. The van der Waals surface area contributed by atoms with Crippen molar-refractivity contribution in [2.45, 2.75) is 19.2 Å². The molecule has 124 valence electrons. The number of benzene rings is 1. The van der Waals surface area contributed by atoms with E-state index in [2.05, 4.69) is 15.0 Å². The summed E-state index contributed by atoms with van der Waals surface area (Å²) in [6, 6.07) is 12.0. The van der Waals surface area contributed by atoms with Crippen molar-refractivity contribution in [2.75, 3.05) is 19.7 Å². The van der Waals surface area contributed by atoms with Gasteiger partial charge in [-0.1, -0.05) is 30.3 Å². The zero-order chi connectivity index (χ0) is 16.2. The largest absolute Gasteiger partial charge is 0.439 e. The van der Waals surface area contributed by atoms with Crippen molar-refractivity contribution in [3.05, 3.63) is 60.9 Å². The number of aromatic nitrogens is 3. The summed E-state index contributed by atoms with van der Waals surface area (Å²) in [4.78, 5) is 6.74. The van der Waals surface area contributed by atoms with E-state index in [1.165, 1.54) is 0 Å². The van der Waals surface area contributed by atoms with Crippen LogP contribution in [0.4, 0.5) is 0 Å². The van der Waals surface area contributed by atoms with Crippen molar-refractivity contribution in [1.29, 1.82) is 0 Å². The first-order chi connectivity index (χ1) is 11.9. The highest BCUT2D eigenvalue weighted by Gasteiger charge is 2.22. The van der Waals surface area contributed by atoms with E-state index in [9.17, 15) is 0 Å². The maximum atomic E-state index is 5.90. The third-order valence-corrected chi connectivity index (χ3v) is 4.14. The molecular weight excluding hydrogens is 304 g/mol. The van der Waals surface area contributed by atoms with Crippen LogP contribution >= 0.6 is 0 Å². The standard InChI is InChI=1S/C18H20N4O2/c1-2-5-15(6-3-1)17-11-19-18(24-17)14-21-9-10-23-16(12-21)13-22-8-4-7-20-22/h1-8,11,16H,9-10,12-14H2/t16-/m1/s1. The van der Waals surface area contributed by atoms with Gasteiger partial charge in [0, 0.05) is 31.0 Å². The van der Waals surface area contributed by atoms with Crippen molar-refractivity contribution in [3.63, 3.8) is 0 Å². The van der Waals surface area contributed by atoms with Crippen LogP contribution in [0.3, 0.4) is 0 Å². The molecule has 0 spiro atoms. The van der Waals surface area contributed by atoms with Gasteiger partial charge in [0.2, 0.25) is 5.89 Å². The van der Waals surface area contributed by atoms with Gasteiger partial charge in [-0.05, 0) is 6.07 Å². The molecule has 0 saturated carbocycles. The van der Waals surface area contributed by atoms with E-state index in [0.29, 0.717) is 6.54 Å². The van der Waals surface area contributed by atoms with E-state index >= 15 is 0 Å². The maximum absolute atomic E-state index is 5.90. The summed E-state index contributed by atoms with van der Waals surface area (Å²) in [6.07, 6.45) is 5.69. The van der Waals surface area contributed by atoms with Gasteiger partial charge in [0.05, 0.1) is 32.0 Å². The highest BCUT2D eigenvalue weighted by molar-refractivity contribution is 5.55. The second-order valence-electron chi connectivity index (χ2n) is 5.94. The van der Waals surface area contributed by atoms with E-state index in [-0.39, 0.29) is 6.10 Å². The predicted octanol–water partition coefficient (Wildman–Crippen LogP) is 2.44. The van der Waals surface area contributed by atoms with Crippen LogP contribution in [0.2, 0.25) is 0 Å². The molecule has 1 atom stereocenters. The molecule has 6 nitrogen and oxygen atoms in total. The molecule has 3 heterocycles. The summed E-state index contributed by atoms with van der Waals surface area (Å²) in [5, 5.41) is 4.24. The lowest BCUT2D eigenvalue weighted by Gasteiger charge is -2.31. The van der Waals surface area contributed by atoms with Crippen molar-refractivity contribution < 1.29 is 9.15 Å². The third-order valence-electron chi connectivity index (χ3n) is 4.14. The molecule has 1 aliphatic heterocycles. The van der Waals surface area contributed by atoms with Gasteiger partial charge < -0.3 is 9.15 Å². The van der Waals surface area contributed by atoms with Crippen molar-refractivity contribution >= 4 is 0 Å². The molecule has 0 amide bonds. The van der Waals surface area contributed by atoms with Gasteiger partial charge in [-0.2, -0.15) is 5.10 Å². The minimum atomic E-state index is 0.141. The van der Waals surface area contributed by atoms with Gasteiger partial charge in [0.25, 0.3) is 0 Å². The van der Waals surface area contributed by atoms with Gasteiger partial charge in [0.15, 0.2) is 5.76 Å². The van der Waals surface area contributed by atoms with Crippen LogP contribution in [0.1, 0.15) is 5.89 Å². The average Bonchev–Trinajstić information content (AvgIpc) is 3.28. The predicted molar refractivity (Wildman–Crippen MR) is 89.2 cm³/mol. The molecule has 3 aromatic rings. The normalized spacial score (nSPS) is 18.8. The summed E-state index contributed by atoms with van der Waals surface area (Å²) < 4.78 is 13.7. The SMILES string of the molecule is c1ccc(-c2cnc(CN3CCO[C@@H](Cn4cccn4)C3)o2)cc1. The molecule has 4 rings (SSSR count). The fourth-order valence-corrected chi connectivity index (χ4v) is 2.96. The summed E-state index contributed by atoms with van der Waals surface area (Å²) >= 11 is 0. The molecule has 0 N–H and O–H groups in total. The number of hydrogen-bond donors (Lipinski definition) is 0. The summed E-state index contributed by atoms with van der Waals surface area (Å²) in [6.45, 7) is 3.93. The molecule has 1 fully saturated rings. The Hall–Kier alpha value is -2.44. The number of ether oxygens (including phenoxy) is 1. The van der Waals surface area contributed by atoms with Gasteiger partial charge in [0.1, 0.15) is 0 Å². The summed E-state index contributed by atoms with van der Waals surface area (Å²) in [7, 11) is 0. The lowest BCUT2D eigenvalue weighted by Crippen LogP contribution is -2.43. The molecule has 1 aliphatic rings. The quantitative estimate of drug-likeness (QED) is 0.721. The molecule has 6 heteroatoms. The van der Waals surface area contributed by atoms with E-state index in [1.807, 2.05) is 47.3 Å². The molecule has 24 heavy (non-hydrogen) atoms. The number of nitrogens with zero attached hydrogens (tertiary/aromatic N) is 4. The Labute approximate surface area is 140 Å². The first kappa shape index (κ1) is 15.1. The zero-order valence-corrected chi connectivity index (χ0v) is 13.4. The Kier molecular flexibility index (Phi) is 4.40. The Morgan fingerprint density at radius 2 is 2.08 bits per heavy atom. The smallest absolute Gasteiger partial charge is 0.209 e. The van der Waals surface area contributed by atoms with E-state index in [0.717, 1.165) is 43.5 Å². The van der Waals surface area contributed by atoms with Crippen LogP contribution in [0.15, 0.2) is 59.4 Å². The summed E-state index contributed by atoms with van der Waals surface area (Å²) in [5.74, 6) is 1.56. The van der Waals surface area contributed by atoms with Crippen molar-refractivity contribution in [2.24, 2.45) is 0 Å². The molecular formula is C18H20N4O2. The number of rotatable bonds is 5. The lowest BCUT2D eigenvalue weighted by atomic mass is 10.2. The molecule has 0 aliphatic carbocycles. The molecule has 0 unspecified atom stereocenters. The van der Waals surface area contributed by atoms with Crippen molar-refractivity contribution in [3.8, 4) is 11.3 Å². The highest BCUT2D eigenvalue weighted by Crippen LogP contribution is 2.21. The maximum Gasteiger partial charge on any atom is 0.209 e. The second-order valence-corrected chi connectivity index (χ2v) is 5.94. The molecule has 1 saturated heterocycles. The number of morpholine rings is 1. The fourth-order valence-electron chi connectivity index (χ4n) is 2.96. The van der Waals surface area contributed by atoms with Crippen LogP contribution in [-0.4, -0.2) is 45.5 Å². The highest BCUT2D eigenvalue weighted by atomic mass is 16.5. The Balaban J connectivity index is 1.37. The van der Waals surface area contributed by atoms with Crippen LogP contribution < -0.4 is 0 Å². The van der Waals surface area contributed by atoms with E-state index in [4.69, 9.17) is 9.15 Å². The topological polar surface area (TPSA) is 56.3 Å². The Morgan fingerprint density at radius 1 is 1.17 bits per heavy atom. The first-order valence-electron chi connectivity index (χ1n) is 8.18. The lowest BCUT2D eigenvalue weighted by molar-refractivity contribution is -0.0422. The third kappa shape index (κ3) is 3.55. The number of hydrogen-bond acceptors (Lipinski definition) is 5. The minimum absolute atomic E-state index is 0.141. The molecule has 0 bridgehead atoms. The van der Waals surface area contributed by atoms with Crippen molar-refractivity contribution in [1.82, 2.24) is 19.7 Å². The fraction of sp³-hybridized carbons (Fsp3) is 0.333. The first-order valence-corrected chi connectivity index (χ1v) is 8.18.